The number of aromatic hydroxyl groups is 2. The molecule has 0 saturated heterocycles. The van der Waals surface area contributed by atoms with E-state index >= 15 is 0 Å². The maximum Gasteiger partial charge on any atom is 0.255 e. The third-order valence-corrected chi connectivity index (χ3v) is 1.78. The van der Waals surface area contributed by atoms with Crippen molar-refractivity contribution in [2.24, 2.45) is 0 Å². The molecular weight excluding hydrogens is 198 g/mol. The highest BCUT2D eigenvalue weighted by molar-refractivity contribution is 5.97. The van der Waals surface area contributed by atoms with Gasteiger partial charge in [-0.05, 0) is 25.1 Å². The van der Waals surface area contributed by atoms with E-state index < -0.39 is 12.0 Å². The van der Waals surface area contributed by atoms with E-state index in [4.69, 9.17) is 10.2 Å². The molecular formula is C10H13NO4. The smallest absolute Gasteiger partial charge is 0.255 e. The van der Waals surface area contributed by atoms with Crippen LogP contribution in [0.3, 0.4) is 0 Å². The quantitative estimate of drug-likeness (QED) is 0.538. The Morgan fingerprint density at radius 2 is 2.13 bits per heavy atom. The van der Waals surface area contributed by atoms with Gasteiger partial charge in [-0.25, -0.2) is 0 Å². The Kier molecular flexibility index (Phi) is 3.51. The lowest BCUT2D eigenvalue weighted by molar-refractivity contribution is 0.0921. The van der Waals surface area contributed by atoms with Gasteiger partial charge in [0.25, 0.3) is 5.91 Å². The second-order valence-electron chi connectivity index (χ2n) is 3.26. The number of amides is 1. The third-order valence-electron chi connectivity index (χ3n) is 1.78. The number of phenols is 2. The zero-order valence-corrected chi connectivity index (χ0v) is 8.27. The summed E-state index contributed by atoms with van der Waals surface area (Å²) in [6.07, 6.45) is -0.659. The Balaban J connectivity index is 2.77. The molecule has 82 valence electrons. The predicted octanol–water partition coefficient (Wildman–Crippen LogP) is 0.208. The van der Waals surface area contributed by atoms with Crippen LogP contribution in [0.1, 0.15) is 17.3 Å². The van der Waals surface area contributed by atoms with Crippen LogP contribution in [0.2, 0.25) is 0 Å². The average molecular weight is 211 g/mol. The standard InChI is InChI=1S/C10H13NO4/c1-6(12)5-11-10(15)8-4-7(13)2-3-9(8)14/h2-4,6,12-14H,5H2,1H3,(H,11,15). The Morgan fingerprint density at radius 1 is 1.47 bits per heavy atom. The first-order valence-electron chi connectivity index (χ1n) is 4.49. The number of phenolic OH excluding ortho intramolecular Hbond substituents is 2. The molecule has 0 fully saturated rings. The molecule has 1 amide bonds. The van der Waals surface area contributed by atoms with E-state index in [-0.39, 0.29) is 23.6 Å². The minimum Gasteiger partial charge on any atom is -0.508 e. The van der Waals surface area contributed by atoms with Gasteiger partial charge in [0.05, 0.1) is 11.7 Å². The molecule has 1 rings (SSSR count). The molecule has 1 unspecified atom stereocenters. The van der Waals surface area contributed by atoms with E-state index in [1.165, 1.54) is 19.1 Å². The maximum atomic E-state index is 11.4. The minimum atomic E-state index is -0.659. The van der Waals surface area contributed by atoms with Crippen LogP contribution in [-0.2, 0) is 0 Å². The summed E-state index contributed by atoms with van der Waals surface area (Å²) in [4.78, 5) is 11.4. The highest BCUT2D eigenvalue weighted by atomic mass is 16.3. The summed E-state index contributed by atoms with van der Waals surface area (Å²) in [5.74, 6) is -0.852. The topological polar surface area (TPSA) is 89.8 Å². The first kappa shape index (κ1) is 11.3. The molecule has 0 aromatic heterocycles. The summed E-state index contributed by atoms with van der Waals surface area (Å²) in [6.45, 7) is 1.62. The molecule has 0 aliphatic carbocycles. The van der Waals surface area contributed by atoms with Crippen LogP contribution in [-0.4, -0.2) is 33.9 Å². The summed E-state index contributed by atoms with van der Waals surface area (Å²) in [5.41, 5.74) is -0.0179. The highest BCUT2D eigenvalue weighted by Crippen LogP contribution is 2.21. The van der Waals surface area contributed by atoms with Crippen molar-refractivity contribution in [1.29, 1.82) is 0 Å². The van der Waals surface area contributed by atoms with Gasteiger partial charge in [-0.15, -0.1) is 0 Å². The number of nitrogens with one attached hydrogen (secondary N) is 1. The average Bonchev–Trinajstić information content (AvgIpc) is 2.18. The highest BCUT2D eigenvalue weighted by Gasteiger charge is 2.11. The van der Waals surface area contributed by atoms with Gasteiger partial charge in [-0.3, -0.25) is 4.79 Å². The van der Waals surface area contributed by atoms with Crippen molar-refractivity contribution >= 4 is 5.91 Å². The molecule has 0 bridgehead atoms. The number of carbonyl (C=O) groups is 1. The van der Waals surface area contributed by atoms with E-state index in [2.05, 4.69) is 5.32 Å². The summed E-state index contributed by atoms with van der Waals surface area (Å²) < 4.78 is 0. The van der Waals surface area contributed by atoms with Crippen LogP contribution in [0.5, 0.6) is 11.5 Å². The second-order valence-corrected chi connectivity index (χ2v) is 3.26. The lowest BCUT2D eigenvalue weighted by Crippen LogP contribution is -2.30. The van der Waals surface area contributed by atoms with Crippen molar-refractivity contribution in [1.82, 2.24) is 5.32 Å². The SMILES string of the molecule is CC(O)CNC(=O)c1cc(O)ccc1O. The van der Waals surface area contributed by atoms with Crippen LogP contribution in [0.15, 0.2) is 18.2 Å². The number of benzene rings is 1. The van der Waals surface area contributed by atoms with Crippen LogP contribution >= 0.6 is 0 Å². The van der Waals surface area contributed by atoms with Crippen molar-refractivity contribution < 1.29 is 20.1 Å². The summed E-state index contributed by atoms with van der Waals surface area (Å²) in [6, 6.07) is 3.67. The molecule has 5 nitrogen and oxygen atoms in total. The van der Waals surface area contributed by atoms with Gasteiger partial charge < -0.3 is 20.6 Å². The molecule has 0 radical (unpaired) electrons. The third kappa shape index (κ3) is 3.14. The van der Waals surface area contributed by atoms with Crippen molar-refractivity contribution in [3.8, 4) is 11.5 Å². The zero-order valence-electron chi connectivity index (χ0n) is 8.27. The van der Waals surface area contributed by atoms with Crippen LogP contribution < -0.4 is 5.32 Å². The Labute approximate surface area is 87.0 Å². The fourth-order valence-electron chi connectivity index (χ4n) is 1.04. The lowest BCUT2D eigenvalue weighted by atomic mass is 10.1. The lowest BCUT2D eigenvalue weighted by Gasteiger charge is -2.08. The Bertz CT molecular complexity index is 362. The molecule has 0 heterocycles. The molecule has 0 aliphatic rings. The van der Waals surface area contributed by atoms with Gasteiger partial charge in [0.2, 0.25) is 0 Å². The Hall–Kier alpha value is -1.75. The van der Waals surface area contributed by atoms with Gasteiger partial charge in [-0.2, -0.15) is 0 Å². The molecule has 0 aliphatic heterocycles. The molecule has 1 atom stereocenters. The van der Waals surface area contributed by atoms with E-state index in [9.17, 15) is 9.90 Å². The normalized spacial score (nSPS) is 12.1. The van der Waals surface area contributed by atoms with E-state index in [0.29, 0.717) is 0 Å². The number of carbonyl (C=O) groups excluding carboxylic acids is 1. The first-order valence-corrected chi connectivity index (χ1v) is 4.49. The van der Waals surface area contributed by atoms with E-state index in [0.717, 1.165) is 6.07 Å². The molecule has 15 heavy (non-hydrogen) atoms. The first-order chi connectivity index (χ1) is 7.00. The fraction of sp³-hybridized carbons (Fsp3) is 0.300. The summed E-state index contributed by atoms with van der Waals surface area (Å²) >= 11 is 0. The van der Waals surface area contributed by atoms with E-state index in [1.807, 2.05) is 0 Å². The number of hydrogen-bond acceptors (Lipinski definition) is 4. The van der Waals surface area contributed by atoms with Crippen molar-refractivity contribution in [2.45, 2.75) is 13.0 Å². The summed E-state index contributed by atoms with van der Waals surface area (Å²) in [5, 5.41) is 29.8. The fourth-order valence-corrected chi connectivity index (χ4v) is 1.04. The zero-order chi connectivity index (χ0) is 11.4. The van der Waals surface area contributed by atoms with Gasteiger partial charge in [-0.1, -0.05) is 0 Å². The minimum absolute atomic E-state index is 0.0179. The van der Waals surface area contributed by atoms with Crippen molar-refractivity contribution in [3.05, 3.63) is 23.8 Å². The van der Waals surface area contributed by atoms with Crippen molar-refractivity contribution in [3.63, 3.8) is 0 Å². The van der Waals surface area contributed by atoms with Gasteiger partial charge >= 0.3 is 0 Å². The monoisotopic (exact) mass is 211 g/mol. The molecule has 1 aromatic rings. The van der Waals surface area contributed by atoms with Gasteiger partial charge in [0.15, 0.2) is 0 Å². The number of aliphatic hydroxyl groups is 1. The molecule has 0 spiro atoms. The van der Waals surface area contributed by atoms with Crippen molar-refractivity contribution in [2.75, 3.05) is 6.54 Å². The number of aliphatic hydroxyl groups excluding tert-OH is 1. The summed E-state index contributed by atoms with van der Waals surface area (Å²) in [7, 11) is 0. The number of rotatable bonds is 3. The molecule has 5 heteroatoms. The molecule has 1 aromatic carbocycles. The predicted molar refractivity (Wildman–Crippen MR) is 53.8 cm³/mol. The molecule has 4 N–H and O–H groups in total. The van der Waals surface area contributed by atoms with Crippen LogP contribution in [0.4, 0.5) is 0 Å². The Morgan fingerprint density at radius 3 is 2.73 bits per heavy atom. The second kappa shape index (κ2) is 4.65. The molecule has 0 saturated carbocycles. The van der Waals surface area contributed by atoms with E-state index in [1.54, 1.807) is 0 Å². The van der Waals surface area contributed by atoms with Gasteiger partial charge in [0, 0.05) is 6.54 Å². The maximum absolute atomic E-state index is 11.4. The van der Waals surface area contributed by atoms with Crippen LogP contribution in [0.25, 0.3) is 0 Å². The number of hydrogen-bond donors (Lipinski definition) is 4. The largest absolute Gasteiger partial charge is 0.508 e. The van der Waals surface area contributed by atoms with Gasteiger partial charge in [0.1, 0.15) is 11.5 Å². The van der Waals surface area contributed by atoms with Crippen LogP contribution in [0, 0.1) is 0 Å².